The zero-order chi connectivity index (χ0) is 21.6. The van der Waals surface area contributed by atoms with Gasteiger partial charge in [0.25, 0.3) is 0 Å². The van der Waals surface area contributed by atoms with E-state index in [-0.39, 0.29) is 30.2 Å². The molecule has 0 radical (unpaired) electrons. The van der Waals surface area contributed by atoms with Crippen molar-refractivity contribution in [3.63, 3.8) is 0 Å². The smallest absolute Gasteiger partial charge is 0.242 e. The highest BCUT2D eigenvalue weighted by atomic mass is 16.5. The van der Waals surface area contributed by atoms with Gasteiger partial charge in [0.15, 0.2) is 5.75 Å². The maximum absolute atomic E-state index is 13.0. The molecule has 1 aromatic carbocycles. The molecule has 31 heavy (non-hydrogen) atoms. The van der Waals surface area contributed by atoms with E-state index in [0.29, 0.717) is 49.7 Å². The predicted molar refractivity (Wildman–Crippen MR) is 115 cm³/mol. The van der Waals surface area contributed by atoms with Crippen LogP contribution in [0.1, 0.15) is 25.7 Å². The number of hydrogen-bond acceptors (Lipinski definition) is 5. The molecule has 0 bridgehead atoms. The minimum Gasteiger partial charge on any atom is -0.454 e. The van der Waals surface area contributed by atoms with Crippen LogP contribution in [-0.4, -0.2) is 58.7 Å². The van der Waals surface area contributed by atoms with Crippen LogP contribution in [0.4, 0.5) is 5.69 Å². The van der Waals surface area contributed by atoms with Gasteiger partial charge < -0.3 is 19.9 Å². The number of carbonyl (C=O) groups excluding carboxylic acids is 3. The molecular weight excluding hydrogens is 396 g/mol. The summed E-state index contributed by atoms with van der Waals surface area (Å²) in [5, 5.41) is 2.95. The van der Waals surface area contributed by atoms with Gasteiger partial charge in [-0.25, -0.2) is 0 Å². The summed E-state index contributed by atoms with van der Waals surface area (Å²) in [6, 6.07) is 10.8. The number of benzene rings is 1. The van der Waals surface area contributed by atoms with Crippen LogP contribution in [0.5, 0.6) is 11.5 Å². The van der Waals surface area contributed by atoms with E-state index in [9.17, 15) is 14.4 Å². The van der Waals surface area contributed by atoms with E-state index in [1.54, 1.807) is 46.5 Å². The molecule has 2 aliphatic rings. The van der Waals surface area contributed by atoms with E-state index in [1.807, 2.05) is 12.1 Å². The Hall–Kier alpha value is -3.42. The van der Waals surface area contributed by atoms with Gasteiger partial charge in [-0.2, -0.15) is 0 Å². The molecule has 2 aromatic rings. The van der Waals surface area contributed by atoms with Crippen molar-refractivity contribution in [1.29, 1.82) is 0 Å². The Morgan fingerprint density at radius 3 is 2.77 bits per heavy atom. The lowest BCUT2D eigenvalue weighted by molar-refractivity contribution is -0.140. The van der Waals surface area contributed by atoms with E-state index in [0.717, 1.165) is 12.8 Å². The Morgan fingerprint density at radius 2 is 2.00 bits per heavy atom. The van der Waals surface area contributed by atoms with Gasteiger partial charge in [0.05, 0.1) is 24.3 Å². The third-order valence-electron chi connectivity index (χ3n) is 5.65. The van der Waals surface area contributed by atoms with Crippen molar-refractivity contribution in [3.8, 4) is 11.5 Å². The molecule has 0 aliphatic carbocycles. The van der Waals surface area contributed by atoms with Gasteiger partial charge in [0.2, 0.25) is 17.7 Å². The topological polar surface area (TPSA) is 91.8 Å². The van der Waals surface area contributed by atoms with Crippen molar-refractivity contribution in [2.24, 2.45) is 5.92 Å². The standard InChI is InChI=1S/C23H26N4O4/c28-21-10-5-13-27(21)16-22(29)26-12-4-6-17(15-26)23(30)25-19-8-1-2-9-20(19)31-18-7-3-11-24-14-18/h1-3,7-9,11,14,17H,4-6,10,12-13,15-16H2,(H,25,30)/t17-/m1/s1. The number of nitrogens with zero attached hydrogens (tertiary/aromatic N) is 3. The molecule has 2 fully saturated rings. The van der Waals surface area contributed by atoms with Crippen LogP contribution >= 0.6 is 0 Å². The predicted octanol–water partition coefficient (Wildman–Crippen LogP) is 2.67. The number of likely N-dealkylation sites (tertiary alicyclic amines) is 2. The van der Waals surface area contributed by atoms with Crippen molar-refractivity contribution >= 4 is 23.4 Å². The van der Waals surface area contributed by atoms with Crippen molar-refractivity contribution in [2.45, 2.75) is 25.7 Å². The summed E-state index contributed by atoms with van der Waals surface area (Å²) in [5.74, 6) is 0.601. The second-order valence-electron chi connectivity index (χ2n) is 7.87. The van der Waals surface area contributed by atoms with Crippen molar-refractivity contribution in [2.75, 3.05) is 31.5 Å². The maximum atomic E-state index is 13.0. The highest BCUT2D eigenvalue weighted by molar-refractivity contribution is 5.94. The summed E-state index contributed by atoms with van der Waals surface area (Å²) >= 11 is 0. The molecule has 0 spiro atoms. The number of para-hydroxylation sites is 2. The fraction of sp³-hybridized carbons (Fsp3) is 0.391. The summed E-state index contributed by atoms with van der Waals surface area (Å²) in [7, 11) is 0. The number of nitrogens with one attached hydrogen (secondary N) is 1. The average molecular weight is 422 g/mol. The van der Waals surface area contributed by atoms with Crippen molar-refractivity contribution in [3.05, 3.63) is 48.8 Å². The molecule has 2 saturated heterocycles. The summed E-state index contributed by atoms with van der Waals surface area (Å²) in [5.41, 5.74) is 0.572. The second kappa shape index (κ2) is 9.59. The first kappa shape index (κ1) is 20.8. The van der Waals surface area contributed by atoms with Gasteiger partial charge in [-0.3, -0.25) is 19.4 Å². The van der Waals surface area contributed by atoms with Crippen molar-refractivity contribution < 1.29 is 19.1 Å². The van der Waals surface area contributed by atoms with Gasteiger partial charge in [0.1, 0.15) is 5.75 Å². The molecule has 0 saturated carbocycles. The Bertz CT molecular complexity index is 950. The van der Waals surface area contributed by atoms with Gasteiger partial charge in [0, 0.05) is 32.3 Å². The summed E-state index contributed by atoms with van der Waals surface area (Å²) in [4.78, 5) is 44.8. The normalized spacial score (nSPS) is 18.7. The highest BCUT2D eigenvalue weighted by Gasteiger charge is 2.31. The molecule has 1 aromatic heterocycles. The summed E-state index contributed by atoms with van der Waals surface area (Å²) in [6.07, 6.45) is 6.05. The SMILES string of the molecule is O=C(Nc1ccccc1Oc1cccnc1)[C@@H]1CCCN(C(=O)CN2CCCC2=O)C1. The van der Waals surface area contributed by atoms with E-state index in [4.69, 9.17) is 4.74 Å². The van der Waals surface area contributed by atoms with E-state index in [1.165, 1.54) is 0 Å². The van der Waals surface area contributed by atoms with Gasteiger partial charge in [-0.05, 0) is 43.5 Å². The van der Waals surface area contributed by atoms with Gasteiger partial charge in [-0.1, -0.05) is 12.1 Å². The van der Waals surface area contributed by atoms with Crippen LogP contribution in [0, 0.1) is 5.92 Å². The van der Waals surface area contributed by atoms with Crippen LogP contribution in [0.3, 0.4) is 0 Å². The zero-order valence-electron chi connectivity index (χ0n) is 17.3. The number of carbonyl (C=O) groups is 3. The summed E-state index contributed by atoms with van der Waals surface area (Å²) in [6.45, 7) is 1.72. The monoisotopic (exact) mass is 422 g/mol. The number of hydrogen-bond donors (Lipinski definition) is 1. The second-order valence-corrected chi connectivity index (χ2v) is 7.87. The molecule has 1 atom stereocenters. The minimum absolute atomic E-state index is 0.0323. The third kappa shape index (κ3) is 5.20. The fourth-order valence-electron chi connectivity index (χ4n) is 3.98. The lowest BCUT2D eigenvalue weighted by Crippen LogP contribution is -2.47. The van der Waals surface area contributed by atoms with E-state index < -0.39 is 0 Å². The highest BCUT2D eigenvalue weighted by Crippen LogP contribution is 2.30. The number of ether oxygens (including phenoxy) is 1. The quantitative estimate of drug-likeness (QED) is 0.773. The third-order valence-corrected chi connectivity index (χ3v) is 5.65. The molecule has 1 N–H and O–H groups in total. The lowest BCUT2D eigenvalue weighted by Gasteiger charge is -2.33. The van der Waals surface area contributed by atoms with Crippen LogP contribution in [0.2, 0.25) is 0 Å². The van der Waals surface area contributed by atoms with Crippen molar-refractivity contribution in [1.82, 2.24) is 14.8 Å². The average Bonchev–Trinajstić information content (AvgIpc) is 3.20. The minimum atomic E-state index is -0.307. The van der Waals surface area contributed by atoms with E-state index >= 15 is 0 Å². The number of pyridine rings is 1. The molecule has 8 heteroatoms. The molecule has 3 heterocycles. The molecule has 2 aliphatic heterocycles. The first-order chi connectivity index (χ1) is 15.1. The Morgan fingerprint density at radius 1 is 1.13 bits per heavy atom. The molecule has 4 rings (SSSR count). The number of anilines is 1. The van der Waals surface area contributed by atoms with Gasteiger partial charge in [-0.15, -0.1) is 0 Å². The van der Waals surface area contributed by atoms with Gasteiger partial charge >= 0.3 is 0 Å². The van der Waals surface area contributed by atoms with Crippen LogP contribution < -0.4 is 10.1 Å². The van der Waals surface area contributed by atoms with Crippen LogP contribution in [0.15, 0.2) is 48.8 Å². The Kier molecular flexibility index (Phi) is 6.45. The number of piperidine rings is 1. The molecule has 3 amide bonds. The summed E-state index contributed by atoms with van der Waals surface area (Å²) < 4.78 is 5.86. The lowest BCUT2D eigenvalue weighted by atomic mass is 9.97. The molecule has 8 nitrogen and oxygen atoms in total. The van der Waals surface area contributed by atoms with Crippen LogP contribution in [-0.2, 0) is 14.4 Å². The maximum Gasteiger partial charge on any atom is 0.242 e. The Labute approximate surface area is 181 Å². The fourth-order valence-corrected chi connectivity index (χ4v) is 3.98. The number of rotatable bonds is 6. The molecule has 162 valence electrons. The largest absolute Gasteiger partial charge is 0.454 e. The van der Waals surface area contributed by atoms with E-state index in [2.05, 4.69) is 10.3 Å². The van der Waals surface area contributed by atoms with Crippen LogP contribution in [0.25, 0.3) is 0 Å². The number of amides is 3. The molecule has 0 unspecified atom stereocenters. The first-order valence-electron chi connectivity index (χ1n) is 10.6. The zero-order valence-corrected chi connectivity index (χ0v) is 17.3. The molecular formula is C23H26N4O4. The Balaban J connectivity index is 1.37. The first-order valence-corrected chi connectivity index (χ1v) is 10.6. The number of aromatic nitrogens is 1.